The van der Waals surface area contributed by atoms with Crippen LogP contribution in [0.1, 0.15) is 24.1 Å². The van der Waals surface area contributed by atoms with E-state index in [-0.39, 0.29) is 0 Å². The van der Waals surface area contributed by atoms with Crippen molar-refractivity contribution in [1.29, 1.82) is 0 Å². The van der Waals surface area contributed by atoms with Crippen LogP contribution in [0.5, 0.6) is 0 Å². The molecule has 0 spiro atoms. The topological polar surface area (TPSA) is 55.0 Å². The molecule has 0 aliphatic heterocycles. The van der Waals surface area contributed by atoms with Crippen LogP contribution in [0.15, 0.2) is 29.2 Å². The Labute approximate surface area is 110 Å². The number of anilines is 1. The van der Waals surface area contributed by atoms with Gasteiger partial charge in [-0.15, -0.1) is 0 Å². The maximum absolute atomic E-state index is 5.63. The monoisotopic (exact) mass is 260 g/mol. The third-order valence-corrected chi connectivity index (χ3v) is 3.83. The van der Waals surface area contributed by atoms with Gasteiger partial charge in [-0.1, -0.05) is 0 Å². The number of hydrogen-bond donors (Lipinski definition) is 1. The van der Waals surface area contributed by atoms with Gasteiger partial charge in [0.15, 0.2) is 0 Å². The van der Waals surface area contributed by atoms with Crippen LogP contribution in [0.2, 0.25) is 0 Å². The van der Waals surface area contributed by atoms with Crippen LogP contribution in [0.3, 0.4) is 0 Å². The van der Waals surface area contributed by atoms with Crippen LogP contribution in [0.4, 0.5) is 5.82 Å². The standard InChI is InChI=1S/C13H16N4S/c14-5-11-6-15-7-13(16-11)17(12-1-2-12)8-10-3-4-18-9-10/h3-4,6-7,9,12H,1-2,5,8,14H2. The van der Waals surface area contributed by atoms with Crippen LogP contribution < -0.4 is 10.6 Å². The molecule has 0 amide bonds. The first-order valence-electron chi connectivity index (χ1n) is 6.15. The molecule has 3 rings (SSSR count). The van der Waals surface area contributed by atoms with Crippen LogP contribution in [0, 0.1) is 0 Å². The Hall–Kier alpha value is -1.46. The second-order valence-corrected chi connectivity index (χ2v) is 5.34. The number of thiophene rings is 1. The molecule has 0 bridgehead atoms. The van der Waals surface area contributed by atoms with Crippen molar-refractivity contribution < 1.29 is 0 Å². The molecule has 0 saturated heterocycles. The molecule has 1 aliphatic rings. The highest BCUT2D eigenvalue weighted by Crippen LogP contribution is 2.32. The van der Waals surface area contributed by atoms with Gasteiger partial charge in [0.25, 0.3) is 0 Å². The highest BCUT2D eigenvalue weighted by atomic mass is 32.1. The predicted octanol–water partition coefficient (Wildman–Crippen LogP) is 2.17. The Kier molecular flexibility index (Phi) is 3.25. The largest absolute Gasteiger partial charge is 0.348 e. The lowest BCUT2D eigenvalue weighted by Gasteiger charge is -2.23. The molecule has 2 aromatic heterocycles. The lowest BCUT2D eigenvalue weighted by molar-refractivity contribution is 0.768. The Morgan fingerprint density at radius 2 is 2.28 bits per heavy atom. The van der Waals surface area contributed by atoms with Crippen LogP contribution in [-0.4, -0.2) is 16.0 Å². The zero-order valence-electron chi connectivity index (χ0n) is 10.1. The Balaban J connectivity index is 1.84. The molecule has 1 fully saturated rings. The predicted molar refractivity (Wildman–Crippen MR) is 73.4 cm³/mol. The molecule has 1 saturated carbocycles. The van der Waals surface area contributed by atoms with E-state index in [0.29, 0.717) is 12.6 Å². The van der Waals surface area contributed by atoms with Gasteiger partial charge in [-0.3, -0.25) is 4.98 Å². The third kappa shape index (κ3) is 2.52. The molecule has 0 radical (unpaired) electrons. The summed E-state index contributed by atoms with van der Waals surface area (Å²) in [5.74, 6) is 0.951. The highest BCUT2D eigenvalue weighted by Gasteiger charge is 2.30. The summed E-state index contributed by atoms with van der Waals surface area (Å²) in [6, 6.07) is 2.78. The fraction of sp³-hybridized carbons (Fsp3) is 0.385. The van der Waals surface area contributed by atoms with Crippen LogP contribution >= 0.6 is 11.3 Å². The van der Waals surface area contributed by atoms with Crippen LogP contribution in [-0.2, 0) is 13.1 Å². The van der Waals surface area contributed by atoms with Gasteiger partial charge in [0.05, 0.1) is 11.9 Å². The van der Waals surface area contributed by atoms with E-state index >= 15 is 0 Å². The molecule has 2 N–H and O–H groups in total. The molecular formula is C13H16N4S. The number of nitrogens with two attached hydrogens (primary N) is 1. The lowest BCUT2D eigenvalue weighted by atomic mass is 10.3. The van der Waals surface area contributed by atoms with Gasteiger partial charge in [0, 0.05) is 25.3 Å². The second kappa shape index (κ2) is 5.04. The minimum absolute atomic E-state index is 0.442. The van der Waals surface area contributed by atoms with Crippen molar-refractivity contribution >= 4 is 17.2 Å². The molecule has 18 heavy (non-hydrogen) atoms. The molecule has 0 aromatic carbocycles. The second-order valence-electron chi connectivity index (χ2n) is 4.56. The zero-order valence-corrected chi connectivity index (χ0v) is 10.9. The Morgan fingerprint density at radius 1 is 1.39 bits per heavy atom. The summed E-state index contributed by atoms with van der Waals surface area (Å²) in [4.78, 5) is 11.2. The lowest BCUT2D eigenvalue weighted by Crippen LogP contribution is -2.26. The molecule has 0 unspecified atom stereocenters. The minimum atomic E-state index is 0.442. The zero-order chi connectivity index (χ0) is 12.4. The molecule has 2 aromatic rings. The average molecular weight is 260 g/mol. The van der Waals surface area contributed by atoms with E-state index in [9.17, 15) is 0 Å². The smallest absolute Gasteiger partial charge is 0.148 e. The fourth-order valence-electron chi connectivity index (χ4n) is 1.99. The van der Waals surface area contributed by atoms with Crippen molar-refractivity contribution in [3.05, 3.63) is 40.5 Å². The summed E-state index contributed by atoms with van der Waals surface area (Å²) in [5.41, 5.74) is 7.82. The Bertz CT molecular complexity index is 507. The van der Waals surface area contributed by atoms with Gasteiger partial charge in [0.1, 0.15) is 5.82 Å². The normalized spacial score (nSPS) is 14.7. The van der Waals surface area contributed by atoms with E-state index in [1.165, 1.54) is 18.4 Å². The molecule has 4 nitrogen and oxygen atoms in total. The quantitative estimate of drug-likeness (QED) is 0.895. The number of aromatic nitrogens is 2. The van der Waals surface area contributed by atoms with Crippen LogP contribution in [0.25, 0.3) is 0 Å². The molecule has 5 heteroatoms. The van der Waals surface area contributed by atoms with Crippen molar-refractivity contribution in [2.75, 3.05) is 4.90 Å². The Morgan fingerprint density at radius 3 is 2.94 bits per heavy atom. The SMILES string of the molecule is NCc1cncc(N(Cc2ccsc2)C2CC2)n1. The first-order valence-corrected chi connectivity index (χ1v) is 7.10. The van der Waals surface area contributed by atoms with Gasteiger partial charge < -0.3 is 10.6 Å². The molecule has 0 atom stereocenters. The maximum atomic E-state index is 5.63. The van der Waals surface area contributed by atoms with Crippen molar-refractivity contribution in [2.24, 2.45) is 5.73 Å². The summed E-state index contributed by atoms with van der Waals surface area (Å²) in [6.07, 6.45) is 6.07. The van der Waals surface area contributed by atoms with E-state index in [1.54, 1.807) is 17.5 Å². The summed E-state index contributed by atoms with van der Waals surface area (Å²) in [7, 11) is 0. The average Bonchev–Trinajstić information content (AvgIpc) is 3.13. The maximum Gasteiger partial charge on any atom is 0.148 e. The molecule has 1 aliphatic carbocycles. The number of rotatable bonds is 5. The summed E-state index contributed by atoms with van der Waals surface area (Å²) >= 11 is 1.73. The van der Waals surface area contributed by atoms with Crippen molar-refractivity contribution in [3.8, 4) is 0 Å². The number of hydrogen-bond acceptors (Lipinski definition) is 5. The fourth-order valence-corrected chi connectivity index (χ4v) is 2.65. The molecule has 2 heterocycles. The van der Waals surface area contributed by atoms with E-state index in [2.05, 4.69) is 31.7 Å². The molecule has 94 valence electrons. The first kappa shape index (κ1) is 11.6. The third-order valence-electron chi connectivity index (χ3n) is 3.10. The number of nitrogens with zero attached hydrogens (tertiary/aromatic N) is 3. The van der Waals surface area contributed by atoms with E-state index in [0.717, 1.165) is 18.1 Å². The van der Waals surface area contributed by atoms with E-state index < -0.39 is 0 Å². The van der Waals surface area contributed by atoms with Crippen molar-refractivity contribution in [2.45, 2.75) is 32.0 Å². The van der Waals surface area contributed by atoms with Gasteiger partial charge in [-0.25, -0.2) is 4.98 Å². The van der Waals surface area contributed by atoms with Gasteiger partial charge >= 0.3 is 0 Å². The van der Waals surface area contributed by atoms with Crippen molar-refractivity contribution in [1.82, 2.24) is 9.97 Å². The highest BCUT2D eigenvalue weighted by molar-refractivity contribution is 7.07. The van der Waals surface area contributed by atoms with Gasteiger partial charge in [-0.2, -0.15) is 11.3 Å². The van der Waals surface area contributed by atoms with Gasteiger partial charge in [0.2, 0.25) is 0 Å². The minimum Gasteiger partial charge on any atom is -0.348 e. The van der Waals surface area contributed by atoms with Crippen molar-refractivity contribution in [3.63, 3.8) is 0 Å². The molecular weight excluding hydrogens is 244 g/mol. The van der Waals surface area contributed by atoms with E-state index in [1.807, 2.05) is 6.20 Å². The summed E-state index contributed by atoms with van der Waals surface area (Å²) < 4.78 is 0. The van der Waals surface area contributed by atoms with E-state index in [4.69, 9.17) is 5.73 Å². The van der Waals surface area contributed by atoms with Gasteiger partial charge in [-0.05, 0) is 35.2 Å². The first-order chi connectivity index (χ1) is 8.86. The summed E-state index contributed by atoms with van der Waals surface area (Å²) in [5, 5.41) is 4.30. The summed E-state index contributed by atoms with van der Waals surface area (Å²) in [6.45, 7) is 1.36.